The van der Waals surface area contributed by atoms with Crippen LogP contribution < -0.4 is 0 Å². The molecular formula is C24H21ClNO2S-. The van der Waals surface area contributed by atoms with E-state index in [1.54, 1.807) is 6.07 Å². The summed E-state index contributed by atoms with van der Waals surface area (Å²) in [6.45, 7) is 1.46. The van der Waals surface area contributed by atoms with Gasteiger partial charge in [0, 0.05) is 23.9 Å². The smallest absolute Gasteiger partial charge is 0.0607 e. The van der Waals surface area contributed by atoms with E-state index in [-0.39, 0.29) is 11.8 Å². The number of rotatable bonds is 6. The van der Waals surface area contributed by atoms with Gasteiger partial charge < -0.3 is 4.55 Å². The first kappa shape index (κ1) is 20.0. The highest BCUT2D eigenvalue weighted by molar-refractivity contribution is 7.79. The van der Waals surface area contributed by atoms with Crippen LogP contribution in [-0.4, -0.2) is 32.5 Å². The van der Waals surface area contributed by atoms with Crippen molar-refractivity contribution in [2.45, 2.75) is 6.04 Å². The van der Waals surface area contributed by atoms with Gasteiger partial charge in [-0.1, -0.05) is 95.5 Å². The van der Waals surface area contributed by atoms with Gasteiger partial charge in [-0.2, -0.15) is 0 Å². The van der Waals surface area contributed by atoms with Crippen molar-refractivity contribution in [2.75, 3.05) is 18.8 Å². The minimum absolute atomic E-state index is 0.00482. The Morgan fingerprint density at radius 3 is 2.03 bits per heavy atom. The van der Waals surface area contributed by atoms with Crippen LogP contribution >= 0.6 is 11.6 Å². The molecule has 148 valence electrons. The van der Waals surface area contributed by atoms with Crippen LogP contribution in [0.25, 0.3) is 5.57 Å². The first-order valence-electron chi connectivity index (χ1n) is 9.48. The molecule has 1 saturated heterocycles. The second kappa shape index (κ2) is 9.06. The molecule has 0 N–H and O–H groups in total. The topological polar surface area (TPSA) is 43.4 Å². The highest BCUT2D eigenvalue weighted by Crippen LogP contribution is 2.37. The molecule has 1 aliphatic heterocycles. The Labute approximate surface area is 178 Å². The van der Waals surface area contributed by atoms with E-state index in [9.17, 15) is 8.76 Å². The van der Waals surface area contributed by atoms with Crippen molar-refractivity contribution in [3.05, 3.63) is 112 Å². The lowest BCUT2D eigenvalue weighted by atomic mass is 9.90. The maximum absolute atomic E-state index is 11.5. The van der Waals surface area contributed by atoms with Crippen LogP contribution in [0.2, 0.25) is 5.02 Å². The summed E-state index contributed by atoms with van der Waals surface area (Å²) >= 11 is 3.99. The Hall–Kier alpha value is -2.24. The van der Waals surface area contributed by atoms with Crippen molar-refractivity contribution in [2.24, 2.45) is 0 Å². The molecule has 29 heavy (non-hydrogen) atoms. The zero-order valence-electron chi connectivity index (χ0n) is 15.8. The molecule has 0 aliphatic carbocycles. The van der Waals surface area contributed by atoms with Crippen LogP contribution in [-0.2, 0) is 11.1 Å². The van der Waals surface area contributed by atoms with Gasteiger partial charge in [0.1, 0.15) is 0 Å². The maximum atomic E-state index is 11.5. The summed E-state index contributed by atoms with van der Waals surface area (Å²) in [5, 5.41) is 0.611. The summed E-state index contributed by atoms with van der Waals surface area (Å²) < 4.78 is 23.0. The van der Waals surface area contributed by atoms with Gasteiger partial charge in [0.15, 0.2) is 0 Å². The fourth-order valence-electron chi connectivity index (χ4n) is 3.89. The lowest BCUT2D eigenvalue weighted by Gasteiger charge is -2.42. The van der Waals surface area contributed by atoms with E-state index in [1.807, 2.05) is 30.3 Å². The Morgan fingerprint density at radius 2 is 1.52 bits per heavy atom. The van der Waals surface area contributed by atoms with E-state index in [4.69, 9.17) is 11.6 Å². The molecule has 3 aromatic carbocycles. The van der Waals surface area contributed by atoms with Crippen LogP contribution in [0.5, 0.6) is 0 Å². The van der Waals surface area contributed by atoms with Crippen LogP contribution in [0.1, 0.15) is 22.7 Å². The highest BCUT2D eigenvalue weighted by atomic mass is 35.5. The standard InChI is InChI=1S/C24H22ClNO2S/c25-22-13-7-12-20(14-22)23(17-29(27)28)21-15-26(16-21)24(18-8-3-1-4-9-18)19-10-5-2-6-11-19/h1-14,24H,15-17H2,(H,27,28)/p-1. The Balaban J connectivity index is 1.66. The third-order valence-electron chi connectivity index (χ3n) is 5.25. The average molecular weight is 423 g/mol. The zero-order valence-corrected chi connectivity index (χ0v) is 17.4. The number of hydrogen-bond donors (Lipinski definition) is 0. The number of halogens is 1. The number of hydrogen-bond acceptors (Lipinski definition) is 3. The van der Waals surface area contributed by atoms with E-state index in [0.717, 1.165) is 29.8 Å². The van der Waals surface area contributed by atoms with Crippen LogP contribution in [0.3, 0.4) is 0 Å². The Bertz CT molecular complexity index is 990. The van der Waals surface area contributed by atoms with Crippen molar-refractivity contribution < 1.29 is 8.76 Å². The van der Waals surface area contributed by atoms with E-state index < -0.39 is 11.1 Å². The molecule has 1 atom stereocenters. The van der Waals surface area contributed by atoms with Crippen molar-refractivity contribution in [3.63, 3.8) is 0 Å². The van der Waals surface area contributed by atoms with Gasteiger partial charge in [0.05, 0.1) is 6.04 Å². The maximum Gasteiger partial charge on any atom is 0.0607 e. The molecule has 1 aliphatic rings. The first-order valence-corrected chi connectivity index (χ1v) is 11.1. The van der Waals surface area contributed by atoms with Crippen molar-refractivity contribution in [1.29, 1.82) is 0 Å². The fraction of sp³-hybridized carbons (Fsp3) is 0.167. The number of benzene rings is 3. The molecule has 0 aromatic heterocycles. The Kier molecular flexibility index (Phi) is 6.26. The SMILES string of the molecule is O=S([O-])CC(=C1CN(C(c2ccccc2)c2ccccc2)C1)c1cccc(Cl)c1. The molecular weight excluding hydrogens is 402 g/mol. The third kappa shape index (κ3) is 4.68. The molecule has 0 saturated carbocycles. The van der Waals surface area contributed by atoms with Crippen LogP contribution in [0.4, 0.5) is 0 Å². The molecule has 0 spiro atoms. The van der Waals surface area contributed by atoms with Crippen LogP contribution in [0, 0.1) is 0 Å². The molecule has 5 heteroatoms. The van der Waals surface area contributed by atoms with Gasteiger partial charge in [-0.15, -0.1) is 0 Å². The lowest BCUT2D eigenvalue weighted by Crippen LogP contribution is -2.44. The molecule has 4 rings (SSSR count). The Morgan fingerprint density at radius 1 is 0.931 bits per heavy atom. The van der Waals surface area contributed by atoms with Gasteiger partial charge in [-0.3, -0.25) is 9.11 Å². The van der Waals surface area contributed by atoms with E-state index in [2.05, 4.69) is 53.4 Å². The molecule has 3 nitrogen and oxygen atoms in total. The molecule has 0 radical (unpaired) electrons. The minimum Gasteiger partial charge on any atom is -0.772 e. The van der Waals surface area contributed by atoms with Gasteiger partial charge in [-0.05, 0) is 40.0 Å². The van der Waals surface area contributed by atoms with Crippen LogP contribution in [0.15, 0.2) is 90.5 Å². The minimum atomic E-state index is -2.15. The molecule has 0 bridgehead atoms. The highest BCUT2D eigenvalue weighted by Gasteiger charge is 2.32. The lowest BCUT2D eigenvalue weighted by molar-refractivity contribution is 0.202. The monoisotopic (exact) mass is 422 g/mol. The number of likely N-dealkylation sites (tertiary alicyclic amines) is 1. The first-order chi connectivity index (χ1) is 14.1. The second-order valence-corrected chi connectivity index (χ2v) is 8.50. The molecule has 1 unspecified atom stereocenters. The van der Waals surface area contributed by atoms with Gasteiger partial charge in [0.25, 0.3) is 0 Å². The summed E-state index contributed by atoms with van der Waals surface area (Å²) in [5.74, 6) is 0.00482. The molecule has 3 aromatic rings. The predicted octanol–water partition coefficient (Wildman–Crippen LogP) is 5.08. The largest absolute Gasteiger partial charge is 0.772 e. The van der Waals surface area contributed by atoms with E-state index in [0.29, 0.717) is 5.02 Å². The number of nitrogens with zero attached hydrogens (tertiary/aromatic N) is 1. The van der Waals surface area contributed by atoms with Crippen molar-refractivity contribution in [3.8, 4) is 0 Å². The zero-order chi connectivity index (χ0) is 20.2. The van der Waals surface area contributed by atoms with Gasteiger partial charge in [0.2, 0.25) is 0 Å². The summed E-state index contributed by atoms with van der Waals surface area (Å²) in [5.41, 5.74) is 5.35. The average Bonchev–Trinajstić information content (AvgIpc) is 2.70. The summed E-state index contributed by atoms with van der Waals surface area (Å²) in [4.78, 5) is 2.37. The predicted molar refractivity (Wildman–Crippen MR) is 118 cm³/mol. The van der Waals surface area contributed by atoms with E-state index in [1.165, 1.54) is 11.1 Å². The fourth-order valence-corrected chi connectivity index (χ4v) is 4.68. The second-order valence-electron chi connectivity index (χ2n) is 7.17. The van der Waals surface area contributed by atoms with Gasteiger partial charge >= 0.3 is 0 Å². The molecule has 1 heterocycles. The summed E-state index contributed by atoms with van der Waals surface area (Å²) in [7, 11) is 0. The quantitative estimate of drug-likeness (QED) is 0.520. The van der Waals surface area contributed by atoms with Crippen molar-refractivity contribution in [1.82, 2.24) is 4.90 Å². The normalized spacial score (nSPS) is 15.2. The summed E-state index contributed by atoms with van der Waals surface area (Å²) in [6, 6.07) is 28.4. The van der Waals surface area contributed by atoms with Gasteiger partial charge in [-0.25, -0.2) is 0 Å². The summed E-state index contributed by atoms with van der Waals surface area (Å²) in [6.07, 6.45) is 0. The molecule has 0 amide bonds. The van der Waals surface area contributed by atoms with E-state index >= 15 is 0 Å². The molecule has 1 fully saturated rings. The van der Waals surface area contributed by atoms with Crippen molar-refractivity contribution >= 4 is 28.3 Å². The third-order valence-corrected chi connectivity index (χ3v) is 6.01.